The lowest BCUT2D eigenvalue weighted by atomic mass is 10.0. The first-order valence-electron chi connectivity index (χ1n) is 9.82. The Labute approximate surface area is 179 Å². The van der Waals surface area contributed by atoms with Crippen LogP contribution < -0.4 is 5.32 Å². The first-order valence-corrected chi connectivity index (χ1v) is 11.3. The summed E-state index contributed by atoms with van der Waals surface area (Å²) in [5, 5.41) is 6.64. The van der Waals surface area contributed by atoms with Gasteiger partial charge in [0.25, 0.3) is 5.91 Å². The highest BCUT2D eigenvalue weighted by Gasteiger charge is 2.30. The number of nitrogens with zero attached hydrogens (tertiary/aromatic N) is 2. The van der Waals surface area contributed by atoms with Gasteiger partial charge in [-0.25, -0.2) is 12.8 Å². The molecule has 8 nitrogen and oxygen atoms in total. The van der Waals surface area contributed by atoms with Crippen LogP contribution in [0.3, 0.4) is 0 Å². The molecule has 1 amide bonds. The van der Waals surface area contributed by atoms with Gasteiger partial charge in [-0.2, -0.15) is 4.31 Å². The Balaban J connectivity index is 1.47. The number of hydrogen-bond donors (Lipinski definition) is 1. The second kappa shape index (κ2) is 8.74. The molecule has 1 atom stereocenters. The van der Waals surface area contributed by atoms with E-state index in [1.165, 1.54) is 28.6 Å². The number of carbonyl (C=O) groups excluding carboxylic acids is 1. The van der Waals surface area contributed by atoms with Gasteiger partial charge in [-0.1, -0.05) is 23.4 Å². The molecule has 10 heteroatoms. The SMILES string of the molecule is Cc1ccc(S(=O)(=O)N2CCOCC2)cc1NC(=O)C1CC(c2cccc(F)c2)=NO1. The van der Waals surface area contributed by atoms with Crippen LogP contribution in [0.25, 0.3) is 0 Å². The maximum absolute atomic E-state index is 13.4. The number of morpholine rings is 1. The van der Waals surface area contributed by atoms with E-state index in [4.69, 9.17) is 9.57 Å². The maximum atomic E-state index is 13.4. The Morgan fingerprint density at radius 1 is 1.19 bits per heavy atom. The first-order chi connectivity index (χ1) is 14.8. The number of hydrogen-bond acceptors (Lipinski definition) is 6. The van der Waals surface area contributed by atoms with Crippen molar-refractivity contribution in [3.8, 4) is 0 Å². The number of amides is 1. The quantitative estimate of drug-likeness (QED) is 0.759. The lowest BCUT2D eigenvalue weighted by Crippen LogP contribution is -2.40. The van der Waals surface area contributed by atoms with Gasteiger partial charge in [0, 0.05) is 30.8 Å². The van der Waals surface area contributed by atoms with Gasteiger partial charge in [0.05, 0.1) is 23.8 Å². The Kier molecular flexibility index (Phi) is 6.03. The summed E-state index contributed by atoms with van der Waals surface area (Å²) < 4.78 is 45.8. The molecule has 0 saturated carbocycles. The van der Waals surface area contributed by atoms with Crippen molar-refractivity contribution in [1.82, 2.24) is 4.31 Å². The van der Waals surface area contributed by atoms with Gasteiger partial charge in [-0.05, 0) is 36.8 Å². The van der Waals surface area contributed by atoms with E-state index in [2.05, 4.69) is 10.5 Å². The summed E-state index contributed by atoms with van der Waals surface area (Å²) in [6, 6.07) is 10.5. The van der Waals surface area contributed by atoms with Crippen LogP contribution in [0.5, 0.6) is 0 Å². The molecule has 1 unspecified atom stereocenters. The molecule has 0 radical (unpaired) electrons. The highest BCUT2D eigenvalue weighted by Crippen LogP contribution is 2.25. The summed E-state index contributed by atoms with van der Waals surface area (Å²) in [5.74, 6) is -0.860. The van der Waals surface area contributed by atoms with Crippen molar-refractivity contribution < 1.29 is 27.2 Å². The fourth-order valence-electron chi connectivity index (χ4n) is 3.40. The molecular weight excluding hydrogens is 425 g/mol. The minimum atomic E-state index is -3.69. The molecule has 2 aromatic rings. The largest absolute Gasteiger partial charge is 0.382 e. The standard InChI is InChI=1S/C21H22FN3O5S/c1-14-5-6-17(31(27,28)25-7-9-29-10-8-25)12-18(14)23-21(26)20-13-19(24-30-20)15-3-2-4-16(22)11-15/h2-6,11-12,20H,7-10,13H2,1H3,(H,23,26). The number of anilines is 1. The van der Waals surface area contributed by atoms with Crippen molar-refractivity contribution in [2.75, 3.05) is 31.6 Å². The molecule has 2 aliphatic heterocycles. The van der Waals surface area contributed by atoms with E-state index in [1.54, 1.807) is 25.1 Å². The lowest BCUT2D eigenvalue weighted by Gasteiger charge is -2.26. The number of aryl methyl sites for hydroxylation is 1. The zero-order valence-corrected chi connectivity index (χ0v) is 17.7. The minimum absolute atomic E-state index is 0.0966. The van der Waals surface area contributed by atoms with Gasteiger partial charge in [0.1, 0.15) is 5.82 Å². The van der Waals surface area contributed by atoms with E-state index in [1.807, 2.05) is 0 Å². The molecule has 164 valence electrons. The van der Waals surface area contributed by atoms with Gasteiger partial charge in [0.2, 0.25) is 16.1 Å². The number of rotatable bonds is 5. The number of sulfonamides is 1. The van der Waals surface area contributed by atoms with Crippen molar-refractivity contribution in [3.63, 3.8) is 0 Å². The zero-order valence-electron chi connectivity index (χ0n) is 16.9. The Morgan fingerprint density at radius 3 is 2.71 bits per heavy atom. The second-order valence-electron chi connectivity index (χ2n) is 7.33. The highest BCUT2D eigenvalue weighted by atomic mass is 32.2. The smallest absolute Gasteiger partial charge is 0.268 e. The van der Waals surface area contributed by atoms with Gasteiger partial charge >= 0.3 is 0 Å². The molecule has 2 aliphatic rings. The van der Waals surface area contributed by atoms with Gasteiger partial charge in [-0.15, -0.1) is 0 Å². The Hall–Kier alpha value is -2.82. The van der Waals surface area contributed by atoms with Crippen LogP contribution in [0.15, 0.2) is 52.5 Å². The molecule has 0 bridgehead atoms. The summed E-state index contributed by atoms with van der Waals surface area (Å²) >= 11 is 0. The Bertz CT molecular complexity index is 1130. The maximum Gasteiger partial charge on any atom is 0.268 e. The fraction of sp³-hybridized carbons (Fsp3) is 0.333. The van der Waals surface area contributed by atoms with E-state index >= 15 is 0 Å². The Morgan fingerprint density at radius 2 is 1.97 bits per heavy atom. The average Bonchev–Trinajstić information content (AvgIpc) is 3.26. The number of halogens is 1. The number of ether oxygens (including phenoxy) is 1. The molecule has 0 spiro atoms. The predicted molar refractivity (Wildman–Crippen MR) is 112 cm³/mol. The fourth-order valence-corrected chi connectivity index (χ4v) is 4.84. The van der Waals surface area contributed by atoms with Gasteiger partial charge < -0.3 is 14.9 Å². The molecule has 0 aromatic heterocycles. The molecule has 1 fully saturated rings. The predicted octanol–water partition coefficient (Wildman–Crippen LogP) is 2.29. The summed E-state index contributed by atoms with van der Waals surface area (Å²) in [4.78, 5) is 18.0. The zero-order chi connectivity index (χ0) is 22.0. The average molecular weight is 447 g/mol. The van der Waals surface area contributed by atoms with E-state index < -0.39 is 27.9 Å². The normalized spacial score (nSPS) is 19.5. The van der Waals surface area contributed by atoms with Crippen LogP contribution in [0.1, 0.15) is 17.5 Å². The molecule has 4 rings (SSSR count). The molecular formula is C21H22FN3O5S. The van der Waals surface area contributed by atoms with E-state index in [9.17, 15) is 17.6 Å². The van der Waals surface area contributed by atoms with E-state index in [0.717, 1.165) is 0 Å². The topological polar surface area (TPSA) is 97.3 Å². The number of benzene rings is 2. The lowest BCUT2D eigenvalue weighted by molar-refractivity contribution is -0.125. The summed E-state index contributed by atoms with van der Waals surface area (Å²) in [7, 11) is -3.69. The third kappa shape index (κ3) is 4.60. The van der Waals surface area contributed by atoms with Crippen LogP contribution in [0.2, 0.25) is 0 Å². The monoisotopic (exact) mass is 447 g/mol. The number of oxime groups is 1. The molecule has 1 saturated heterocycles. The second-order valence-corrected chi connectivity index (χ2v) is 9.27. The molecule has 31 heavy (non-hydrogen) atoms. The van der Waals surface area contributed by atoms with Crippen LogP contribution >= 0.6 is 0 Å². The molecule has 2 aromatic carbocycles. The van der Waals surface area contributed by atoms with E-state index in [-0.39, 0.29) is 24.4 Å². The highest BCUT2D eigenvalue weighted by molar-refractivity contribution is 7.89. The molecule has 2 heterocycles. The van der Waals surface area contributed by atoms with Crippen LogP contribution in [0, 0.1) is 12.7 Å². The summed E-state index contributed by atoms with van der Waals surface area (Å²) in [6.45, 7) is 3.04. The van der Waals surface area contributed by atoms with Crippen molar-refractivity contribution in [2.24, 2.45) is 5.16 Å². The molecule has 0 aliphatic carbocycles. The molecule has 1 N–H and O–H groups in total. The van der Waals surface area contributed by atoms with Gasteiger partial charge in [-0.3, -0.25) is 4.79 Å². The number of nitrogens with one attached hydrogen (secondary N) is 1. The van der Waals surface area contributed by atoms with Crippen LogP contribution in [-0.4, -0.2) is 56.7 Å². The third-order valence-electron chi connectivity index (χ3n) is 5.19. The van der Waals surface area contributed by atoms with E-state index in [0.29, 0.717) is 35.7 Å². The number of carbonyl (C=O) groups is 1. The van der Waals surface area contributed by atoms with Crippen molar-refractivity contribution in [3.05, 3.63) is 59.4 Å². The van der Waals surface area contributed by atoms with Crippen LogP contribution in [0.4, 0.5) is 10.1 Å². The minimum Gasteiger partial charge on any atom is -0.382 e. The van der Waals surface area contributed by atoms with Crippen LogP contribution in [-0.2, 0) is 24.4 Å². The van der Waals surface area contributed by atoms with Crippen molar-refractivity contribution >= 4 is 27.3 Å². The van der Waals surface area contributed by atoms with Crippen molar-refractivity contribution in [2.45, 2.75) is 24.3 Å². The summed E-state index contributed by atoms with van der Waals surface area (Å²) in [6.07, 6.45) is -0.711. The van der Waals surface area contributed by atoms with Crippen molar-refractivity contribution in [1.29, 1.82) is 0 Å². The first kappa shape index (κ1) is 21.4. The summed E-state index contributed by atoms with van der Waals surface area (Å²) in [5.41, 5.74) is 2.10. The third-order valence-corrected chi connectivity index (χ3v) is 7.09. The van der Waals surface area contributed by atoms with Gasteiger partial charge in [0.15, 0.2) is 0 Å².